The van der Waals surface area contributed by atoms with Gasteiger partial charge in [0.1, 0.15) is 35.2 Å². The average Bonchev–Trinajstić information content (AvgIpc) is 3.61. The number of tetrazole rings is 1. The van der Waals surface area contributed by atoms with E-state index in [1.807, 2.05) is 6.07 Å². The molecule has 1 saturated heterocycles. The van der Waals surface area contributed by atoms with Crippen molar-refractivity contribution in [3.8, 4) is 11.5 Å². The van der Waals surface area contributed by atoms with Gasteiger partial charge >= 0.3 is 0 Å². The van der Waals surface area contributed by atoms with Crippen molar-refractivity contribution in [2.24, 2.45) is 0 Å². The van der Waals surface area contributed by atoms with Gasteiger partial charge in [-0.1, -0.05) is 12.1 Å². The summed E-state index contributed by atoms with van der Waals surface area (Å²) < 4.78 is 25.1. The summed E-state index contributed by atoms with van der Waals surface area (Å²) in [6.45, 7) is 2.78. The van der Waals surface area contributed by atoms with E-state index in [4.69, 9.17) is 14.6 Å². The molecular formula is C23H26FN7O4. The normalized spacial score (nSPS) is 20.1. The summed E-state index contributed by atoms with van der Waals surface area (Å²) in [5.41, 5.74) is 2.08. The van der Waals surface area contributed by atoms with Crippen LogP contribution in [0.4, 0.5) is 4.39 Å². The van der Waals surface area contributed by atoms with Crippen LogP contribution < -0.4 is 5.32 Å². The third-order valence-corrected chi connectivity index (χ3v) is 5.89. The molecule has 5 rings (SSSR count). The van der Waals surface area contributed by atoms with E-state index in [1.165, 1.54) is 16.9 Å². The summed E-state index contributed by atoms with van der Waals surface area (Å²) in [7, 11) is 0. The maximum absolute atomic E-state index is 14.0. The number of benzene rings is 1. The molecule has 184 valence electrons. The molecule has 35 heavy (non-hydrogen) atoms. The minimum Gasteiger partial charge on any atom is -0.394 e. The molecule has 0 spiro atoms. The molecule has 0 radical (unpaired) electrons. The topological polar surface area (TPSA) is 137 Å². The van der Waals surface area contributed by atoms with Gasteiger partial charge in [0.15, 0.2) is 0 Å². The fraction of sp³-hybridized carbons (Fsp3) is 0.478. The molecule has 1 aromatic carbocycles. The number of halogens is 1. The van der Waals surface area contributed by atoms with Crippen molar-refractivity contribution in [3.63, 3.8) is 0 Å². The molecule has 1 saturated carbocycles. The summed E-state index contributed by atoms with van der Waals surface area (Å²) >= 11 is 0. The highest BCUT2D eigenvalue weighted by Gasteiger charge is 2.27. The average molecular weight is 484 g/mol. The van der Waals surface area contributed by atoms with Crippen molar-refractivity contribution in [1.29, 1.82) is 0 Å². The van der Waals surface area contributed by atoms with Gasteiger partial charge in [-0.3, -0.25) is 4.79 Å². The lowest BCUT2D eigenvalue weighted by molar-refractivity contribution is -0.150. The zero-order chi connectivity index (χ0) is 24.4. The molecule has 2 atom stereocenters. The number of aryl methyl sites for hydroxylation is 1. The second-order valence-corrected chi connectivity index (χ2v) is 8.76. The summed E-state index contributed by atoms with van der Waals surface area (Å²) in [4.78, 5) is 22.7. The number of hydrogen-bond donors (Lipinski definition) is 2. The Balaban J connectivity index is 1.23. The lowest BCUT2D eigenvalue weighted by Gasteiger charge is -2.27. The van der Waals surface area contributed by atoms with E-state index < -0.39 is 0 Å². The third-order valence-electron chi connectivity index (χ3n) is 5.89. The van der Waals surface area contributed by atoms with Gasteiger partial charge in [-0.2, -0.15) is 4.80 Å². The minimum absolute atomic E-state index is 0.0905. The van der Waals surface area contributed by atoms with E-state index in [2.05, 4.69) is 30.7 Å². The lowest BCUT2D eigenvalue weighted by Crippen LogP contribution is -2.40. The number of nitrogens with one attached hydrogen (secondary N) is 1. The van der Waals surface area contributed by atoms with Crippen LogP contribution in [0.3, 0.4) is 0 Å². The van der Waals surface area contributed by atoms with Crippen molar-refractivity contribution in [2.75, 3.05) is 19.8 Å². The Morgan fingerprint density at radius 3 is 2.74 bits per heavy atom. The Morgan fingerprint density at radius 2 is 2.00 bits per heavy atom. The molecule has 3 aromatic rings. The number of rotatable bonds is 8. The van der Waals surface area contributed by atoms with Crippen molar-refractivity contribution in [1.82, 2.24) is 35.5 Å². The molecule has 0 unspecified atom stereocenters. The molecule has 11 nitrogen and oxygen atoms in total. The summed E-state index contributed by atoms with van der Waals surface area (Å²) in [5, 5.41) is 24.4. The summed E-state index contributed by atoms with van der Waals surface area (Å²) in [6, 6.07) is 6.45. The third kappa shape index (κ3) is 5.66. The Hall–Kier alpha value is -3.35. The SMILES string of the molecule is Cc1nc(C(=O)NCc2ccc(F)c(C3CC3)c2)cc(-c2nnn(C[C@H]3CO[C@H](CO)CO3)n2)n1. The van der Waals surface area contributed by atoms with Crippen LogP contribution in [0.1, 0.15) is 46.2 Å². The molecule has 1 aliphatic carbocycles. The van der Waals surface area contributed by atoms with Crippen LogP contribution in [0.25, 0.3) is 11.5 Å². The molecule has 1 amide bonds. The maximum atomic E-state index is 14.0. The monoisotopic (exact) mass is 483 g/mol. The van der Waals surface area contributed by atoms with Crippen LogP contribution in [0.2, 0.25) is 0 Å². The van der Waals surface area contributed by atoms with Gasteiger partial charge in [-0.15, -0.1) is 10.2 Å². The standard InChI is InChI=1S/C23H26FN7O4/c1-13-26-20(22-28-30-31(29-22)9-16-11-35-17(10-32)12-34-16)7-21(27-13)23(33)25-8-14-2-5-19(24)18(6-14)15-3-4-15/h2,5-7,15-17,32H,3-4,8-12H2,1H3,(H,25,33)/t16-,17+/m0/s1. The van der Waals surface area contributed by atoms with E-state index in [9.17, 15) is 9.18 Å². The molecule has 0 bridgehead atoms. The molecule has 2 aromatic heterocycles. The quantitative estimate of drug-likeness (QED) is 0.483. The molecule has 2 fully saturated rings. The number of aliphatic hydroxyl groups is 1. The first kappa shape index (κ1) is 23.4. The van der Waals surface area contributed by atoms with Crippen LogP contribution in [0.5, 0.6) is 0 Å². The van der Waals surface area contributed by atoms with E-state index >= 15 is 0 Å². The van der Waals surface area contributed by atoms with Gasteiger partial charge in [0.05, 0.1) is 26.4 Å². The first-order valence-electron chi connectivity index (χ1n) is 11.5. The van der Waals surface area contributed by atoms with E-state index in [-0.39, 0.29) is 54.5 Å². The number of aromatic nitrogens is 6. The number of carbonyl (C=O) groups excluding carboxylic acids is 1. The maximum Gasteiger partial charge on any atom is 0.270 e. The Labute approximate surface area is 200 Å². The Bertz CT molecular complexity index is 1210. The number of hydrogen-bond acceptors (Lipinski definition) is 9. The highest BCUT2D eigenvalue weighted by atomic mass is 19.1. The first-order chi connectivity index (χ1) is 17.0. The fourth-order valence-corrected chi connectivity index (χ4v) is 3.88. The zero-order valence-electron chi connectivity index (χ0n) is 19.2. The van der Waals surface area contributed by atoms with Gasteiger partial charge in [0.2, 0.25) is 5.82 Å². The van der Waals surface area contributed by atoms with Crippen LogP contribution >= 0.6 is 0 Å². The number of ether oxygens (including phenoxy) is 2. The van der Waals surface area contributed by atoms with E-state index in [0.717, 1.165) is 18.4 Å². The largest absolute Gasteiger partial charge is 0.394 e. The van der Waals surface area contributed by atoms with Crippen LogP contribution in [0, 0.1) is 12.7 Å². The predicted molar refractivity (Wildman–Crippen MR) is 120 cm³/mol. The Kier molecular flexibility index (Phi) is 6.75. The number of carbonyl (C=O) groups is 1. The van der Waals surface area contributed by atoms with Crippen molar-refractivity contribution in [2.45, 2.75) is 51.0 Å². The van der Waals surface area contributed by atoms with Gasteiger partial charge in [0, 0.05) is 6.54 Å². The highest BCUT2D eigenvalue weighted by Crippen LogP contribution is 2.41. The predicted octanol–water partition coefficient (Wildman–Crippen LogP) is 1.16. The lowest BCUT2D eigenvalue weighted by atomic mass is 10.1. The highest BCUT2D eigenvalue weighted by molar-refractivity contribution is 5.93. The zero-order valence-corrected chi connectivity index (χ0v) is 19.2. The summed E-state index contributed by atoms with van der Waals surface area (Å²) in [6.07, 6.45) is 1.42. The van der Waals surface area contributed by atoms with Gasteiger partial charge in [-0.05, 0) is 54.2 Å². The Morgan fingerprint density at radius 1 is 1.20 bits per heavy atom. The minimum atomic E-state index is -0.382. The first-order valence-corrected chi connectivity index (χ1v) is 11.5. The van der Waals surface area contributed by atoms with Crippen LogP contribution in [0.15, 0.2) is 24.3 Å². The van der Waals surface area contributed by atoms with E-state index in [1.54, 1.807) is 13.0 Å². The van der Waals surface area contributed by atoms with Gasteiger partial charge in [0.25, 0.3) is 5.91 Å². The number of aliphatic hydroxyl groups excluding tert-OH is 1. The van der Waals surface area contributed by atoms with Crippen molar-refractivity contribution in [3.05, 3.63) is 52.7 Å². The number of nitrogens with zero attached hydrogens (tertiary/aromatic N) is 6. The molecule has 2 N–H and O–H groups in total. The van der Waals surface area contributed by atoms with Gasteiger partial charge < -0.3 is 19.9 Å². The number of amides is 1. The smallest absolute Gasteiger partial charge is 0.270 e. The molecule has 3 heterocycles. The second kappa shape index (κ2) is 10.1. The van der Waals surface area contributed by atoms with E-state index in [0.29, 0.717) is 36.8 Å². The van der Waals surface area contributed by atoms with Crippen molar-refractivity contribution >= 4 is 5.91 Å². The van der Waals surface area contributed by atoms with Crippen LogP contribution in [-0.4, -0.2) is 73.2 Å². The second-order valence-electron chi connectivity index (χ2n) is 8.76. The fourth-order valence-electron chi connectivity index (χ4n) is 3.88. The summed E-state index contributed by atoms with van der Waals surface area (Å²) in [5.74, 6) is 0.347. The molecule has 2 aliphatic rings. The van der Waals surface area contributed by atoms with Crippen LogP contribution in [-0.2, 0) is 22.6 Å². The van der Waals surface area contributed by atoms with Gasteiger partial charge in [-0.25, -0.2) is 14.4 Å². The molecule has 12 heteroatoms. The van der Waals surface area contributed by atoms with Crippen molar-refractivity contribution < 1.29 is 23.8 Å². The molecular weight excluding hydrogens is 457 g/mol. The molecule has 1 aliphatic heterocycles.